The Kier molecular flexibility index (Phi) is 5.32. The molecule has 136 valence electrons. The van der Waals surface area contributed by atoms with Gasteiger partial charge in [-0.05, 0) is 31.9 Å². The lowest BCUT2D eigenvalue weighted by molar-refractivity contribution is -0.127. The summed E-state index contributed by atoms with van der Waals surface area (Å²) in [7, 11) is -3.75. The summed E-state index contributed by atoms with van der Waals surface area (Å²) in [5, 5.41) is 11.8. The second-order valence-corrected chi connectivity index (χ2v) is 8.62. The van der Waals surface area contributed by atoms with Crippen LogP contribution in [0.2, 0.25) is 0 Å². The van der Waals surface area contributed by atoms with Crippen molar-refractivity contribution in [2.45, 2.75) is 30.7 Å². The molecule has 2 atom stereocenters. The summed E-state index contributed by atoms with van der Waals surface area (Å²) in [6, 6.07) is 4.54. The van der Waals surface area contributed by atoms with E-state index in [2.05, 4.69) is 14.0 Å². The first-order valence-corrected chi connectivity index (χ1v) is 10.2. The maximum Gasteiger partial charge on any atom is 0.245 e. The van der Waals surface area contributed by atoms with Gasteiger partial charge in [-0.15, -0.1) is 0 Å². The molecule has 2 aliphatic heterocycles. The number of hydrogen-bond donors (Lipinski definition) is 2. The minimum absolute atomic E-state index is 0.125. The summed E-state index contributed by atoms with van der Waals surface area (Å²) >= 11 is 0.974. The Morgan fingerprint density at radius 2 is 2.28 bits per heavy atom. The van der Waals surface area contributed by atoms with E-state index in [1.54, 1.807) is 19.1 Å². The Balaban J connectivity index is 1.80. The van der Waals surface area contributed by atoms with Crippen molar-refractivity contribution in [2.24, 2.45) is 14.6 Å². The van der Waals surface area contributed by atoms with Crippen LogP contribution in [0.5, 0.6) is 0 Å². The number of rotatable bonds is 5. The van der Waals surface area contributed by atoms with Gasteiger partial charge in [-0.2, -0.15) is 13.0 Å². The summed E-state index contributed by atoms with van der Waals surface area (Å²) in [6.07, 6.45) is 1.23. The van der Waals surface area contributed by atoms with E-state index in [1.165, 1.54) is 10.4 Å². The van der Waals surface area contributed by atoms with Gasteiger partial charge in [-0.3, -0.25) is 4.79 Å². The van der Waals surface area contributed by atoms with Crippen molar-refractivity contribution in [1.82, 2.24) is 9.62 Å². The number of hydrogen-bond acceptors (Lipinski definition) is 6. The largest absolute Gasteiger partial charge is 0.394 e. The number of sulfonamides is 1. The molecular weight excluding hydrogens is 364 g/mol. The van der Waals surface area contributed by atoms with Crippen LogP contribution in [0.4, 0.5) is 11.4 Å². The normalized spacial score (nSPS) is 21.4. The molecule has 0 aliphatic carbocycles. The highest BCUT2D eigenvalue weighted by Gasteiger charge is 2.35. The van der Waals surface area contributed by atoms with Gasteiger partial charge in [-0.1, -0.05) is 6.07 Å². The molecule has 2 N–H and O–H groups in total. The van der Waals surface area contributed by atoms with Gasteiger partial charge in [-0.25, -0.2) is 8.42 Å². The van der Waals surface area contributed by atoms with E-state index in [0.717, 1.165) is 11.4 Å². The van der Waals surface area contributed by atoms with Gasteiger partial charge in [0.25, 0.3) is 0 Å². The highest BCUT2D eigenvalue weighted by Crippen LogP contribution is 2.39. The van der Waals surface area contributed by atoms with Crippen molar-refractivity contribution < 1.29 is 18.3 Å². The van der Waals surface area contributed by atoms with Crippen LogP contribution in [0.25, 0.3) is 0 Å². The minimum atomic E-state index is -3.75. The Labute approximate surface area is 150 Å². The minimum Gasteiger partial charge on any atom is -0.394 e. The molecule has 10 heteroatoms. The van der Waals surface area contributed by atoms with Gasteiger partial charge in [0.15, 0.2) is 0 Å². The number of carbonyl (C=O) groups excluding carboxylic acids is 1. The van der Waals surface area contributed by atoms with Crippen molar-refractivity contribution in [1.29, 1.82) is 0 Å². The molecule has 25 heavy (non-hydrogen) atoms. The van der Waals surface area contributed by atoms with Gasteiger partial charge in [0.05, 0.1) is 23.9 Å². The first-order chi connectivity index (χ1) is 11.9. The fourth-order valence-corrected chi connectivity index (χ4v) is 5.19. The third-order valence-corrected chi connectivity index (χ3v) is 6.72. The summed E-state index contributed by atoms with van der Waals surface area (Å²) in [4.78, 5) is 12.4. The first-order valence-electron chi connectivity index (χ1n) is 8.06. The van der Waals surface area contributed by atoms with Gasteiger partial charge >= 0.3 is 0 Å². The van der Waals surface area contributed by atoms with E-state index >= 15 is 0 Å². The summed E-state index contributed by atoms with van der Waals surface area (Å²) in [5.74, 6) is -0.653. The maximum absolute atomic E-state index is 13.0. The molecule has 1 aromatic rings. The second-order valence-electron chi connectivity index (χ2n) is 6.18. The summed E-state index contributed by atoms with van der Waals surface area (Å²) < 4.78 is 35.6. The Bertz CT molecular complexity index is 849. The maximum atomic E-state index is 13.0. The smallest absolute Gasteiger partial charge is 0.245 e. The molecule has 1 amide bonds. The lowest BCUT2D eigenvalue weighted by Crippen LogP contribution is -2.47. The second kappa shape index (κ2) is 7.32. The molecule has 8 nitrogen and oxygen atoms in total. The molecule has 0 bridgehead atoms. The van der Waals surface area contributed by atoms with Crippen molar-refractivity contribution in [3.8, 4) is 0 Å². The third kappa shape index (κ3) is 3.66. The number of aliphatic hydroxyl groups excluding tert-OH is 1. The predicted molar refractivity (Wildman–Crippen MR) is 94.2 cm³/mol. The van der Waals surface area contributed by atoms with Crippen LogP contribution in [0.3, 0.4) is 0 Å². The van der Waals surface area contributed by atoms with E-state index < -0.39 is 15.9 Å². The monoisotopic (exact) mass is 384 g/mol. The van der Waals surface area contributed by atoms with Crippen LogP contribution in [-0.4, -0.2) is 49.5 Å². The zero-order chi connectivity index (χ0) is 18.0. The molecule has 1 fully saturated rings. The lowest BCUT2D eigenvalue weighted by atomic mass is 9.98. The lowest BCUT2D eigenvalue weighted by Gasteiger charge is -2.31. The molecule has 0 spiro atoms. The number of nitrogens with zero attached hydrogens (tertiary/aromatic N) is 3. The average Bonchev–Trinajstić information content (AvgIpc) is 3.10. The molecule has 0 radical (unpaired) electrons. The van der Waals surface area contributed by atoms with Crippen LogP contribution < -0.4 is 5.32 Å². The fourth-order valence-electron chi connectivity index (χ4n) is 2.91. The molecule has 0 aromatic heterocycles. The Hall–Kier alpha value is -1.62. The third-order valence-electron chi connectivity index (χ3n) is 4.28. The van der Waals surface area contributed by atoms with Gasteiger partial charge < -0.3 is 10.4 Å². The first kappa shape index (κ1) is 18.2. The number of fused-ring (bicyclic) bond motifs is 1. The predicted octanol–water partition coefficient (Wildman–Crippen LogP) is 1.31. The highest BCUT2D eigenvalue weighted by atomic mass is 32.2. The topological polar surface area (TPSA) is 111 Å². The van der Waals surface area contributed by atoms with Crippen molar-refractivity contribution in [2.75, 3.05) is 19.7 Å². The molecule has 0 unspecified atom stereocenters. The van der Waals surface area contributed by atoms with Crippen LogP contribution in [-0.2, 0) is 26.2 Å². The van der Waals surface area contributed by atoms with E-state index in [0.29, 0.717) is 30.8 Å². The number of benzene rings is 1. The standard InChI is InChI=1S/C15H20N4O4S2/c1-10(9-20)16-15(21)11-4-3-7-19(8-11)25(22,23)13-6-2-5-12-14(13)18-24-17-12/h2,5-6,10-11,20H,3-4,7-9H2,1H3,(H,16,21)/t10-,11-/m1/s1. The molecule has 2 aliphatic rings. The Morgan fingerprint density at radius 1 is 1.48 bits per heavy atom. The zero-order valence-electron chi connectivity index (χ0n) is 13.8. The molecule has 1 saturated heterocycles. The SMILES string of the molecule is C[C@H](CO)NC(=O)[C@@H]1CCCN(S(=O)(=O)c2cccc3c2N=S=N3)C1. The van der Waals surface area contributed by atoms with Crippen LogP contribution >= 0.6 is 0 Å². The molecule has 2 heterocycles. The van der Waals surface area contributed by atoms with Crippen LogP contribution in [0.1, 0.15) is 19.8 Å². The van der Waals surface area contributed by atoms with E-state index in [1.807, 2.05) is 0 Å². The van der Waals surface area contributed by atoms with E-state index in [-0.39, 0.29) is 30.0 Å². The van der Waals surface area contributed by atoms with E-state index in [9.17, 15) is 13.2 Å². The Morgan fingerprint density at radius 3 is 3.04 bits per heavy atom. The molecule has 3 rings (SSSR count). The van der Waals surface area contributed by atoms with E-state index in [4.69, 9.17) is 5.11 Å². The fraction of sp³-hybridized carbons (Fsp3) is 0.533. The number of piperidine rings is 1. The average molecular weight is 384 g/mol. The summed E-state index contributed by atoms with van der Waals surface area (Å²) in [5.41, 5.74) is 0.919. The number of amides is 1. The van der Waals surface area contributed by atoms with Crippen molar-refractivity contribution in [3.63, 3.8) is 0 Å². The van der Waals surface area contributed by atoms with Crippen molar-refractivity contribution >= 4 is 38.7 Å². The molecular formula is C15H20N4O4S2. The zero-order valence-corrected chi connectivity index (χ0v) is 15.4. The molecule has 0 saturated carbocycles. The molecule has 1 aromatic carbocycles. The van der Waals surface area contributed by atoms with Gasteiger partial charge in [0.1, 0.15) is 16.3 Å². The quantitative estimate of drug-likeness (QED) is 0.809. The van der Waals surface area contributed by atoms with Gasteiger partial charge in [0, 0.05) is 19.1 Å². The van der Waals surface area contributed by atoms with Gasteiger partial charge in [0.2, 0.25) is 15.9 Å². The number of aliphatic hydroxyl groups is 1. The highest BCUT2D eigenvalue weighted by molar-refractivity contribution is 7.89. The van der Waals surface area contributed by atoms with Crippen LogP contribution in [0, 0.1) is 5.92 Å². The summed E-state index contributed by atoms with van der Waals surface area (Å²) in [6.45, 7) is 2.04. The van der Waals surface area contributed by atoms with Crippen LogP contribution in [0.15, 0.2) is 31.8 Å². The number of nitrogens with one attached hydrogen (secondary N) is 1. The number of carbonyl (C=O) groups is 1. The van der Waals surface area contributed by atoms with Crippen molar-refractivity contribution in [3.05, 3.63) is 18.2 Å².